The summed E-state index contributed by atoms with van der Waals surface area (Å²) >= 11 is 1.87. The van der Waals surface area contributed by atoms with Crippen LogP contribution in [0.2, 0.25) is 0 Å². The molecule has 0 aliphatic carbocycles. The van der Waals surface area contributed by atoms with Gasteiger partial charge in [-0.2, -0.15) is 0 Å². The van der Waals surface area contributed by atoms with Crippen LogP contribution in [0.5, 0.6) is 0 Å². The van der Waals surface area contributed by atoms with Gasteiger partial charge in [-0.05, 0) is 101 Å². The monoisotopic (exact) mass is 760 g/mol. The molecular weight excluding hydrogens is 725 g/mol. The summed E-state index contributed by atoms with van der Waals surface area (Å²) < 4.78 is 11.3. The van der Waals surface area contributed by atoms with Crippen molar-refractivity contribution in [2.75, 3.05) is 4.90 Å². The molecule has 0 aliphatic heterocycles. The van der Waals surface area contributed by atoms with Gasteiger partial charge in [0.1, 0.15) is 11.2 Å². The smallest absolute Gasteiger partial charge is 0.135 e. The van der Waals surface area contributed by atoms with Crippen molar-refractivity contribution >= 4 is 103 Å². The largest absolute Gasteiger partial charge is 0.456 e. The lowest BCUT2D eigenvalue weighted by molar-refractivity contribution is 0.669. The van der Waals surface area contributed by atoms with Crippen LogP contribution in [0.15, 0.2) is 192 Å². The molecule has 0 amide bonds. The van der Waals surface area contributed by atoms with Crippen LogP contribution in [0.1, 0.15) is 6.92 Å². The molecule has 274 valence electrons. The fourth-order valence-corrected chi connectivity index (χ4v) is 10.4. The number of furan rings is 1. The van der Waals surface area contributed by atoms with Gasteiger partial charge in [0.25, 0.3) is 0 Å². The van der Waals surface area contributed by atoms with Gasteiger partial charge >= 0.3 is 0 Å². The van der Waals surface area contributed by atoms with Crippen LogP contribution >= 0.6 is 11.3 Å². The van der Waals surface area contributed by atoms with Crippen LogP contribution in [0.4, 0.5) is 17.1 Å². The van der Waals surface area contributed by atoms with E-state index in [-0.39, 0.29) is 0 Å². The summed E-state index contributed by atoms with van der Waals surface area (Å²) in [4.78, 5) is 2.45. The zero-order valence-electron chi connectivity index (χ0n) is 31.8. The summed E-state index contributed by atoms with van der Waals surface area (Å²) in [5.74, 6) is 0. The van der Waals surface area contributed by atoms with E-state index in [0.717, 1.165) is 45.5 Å². The molecule has 3 heterocycles. The topological polar surface area (TPSA) is 21.3 Å². The van der Waals surface area contributed by atoms with Gasteiger partial charge in [0, 0.05) is 65.8 Å². The standard InChI is InChI=1S/C54H36N2OS/c1-2-55-48-28-23-37(30-45(48)44-27-22-36-14-6-7-15-41(36)53(44)55)38-31-47-43-17-9-11-19-52(43)58-54(47)49(32-38)56(39-24-20-35(21-25-39)34-12-4-3-5-13-34)40-26-29-51-46(33-40)42-16-8-10-18-50(42)57-51/h3-33H,2H2,1H3. The predicted octanol–water partition coefficient (Wildman–Crippen LogP) is 16.0. The summed E-state index contributed by atoms with van der Waals surface area (Å²) in [7, 11) is 0. The third kappa shape index (κ3) is 5.05. The summed E-state index contributed by atoms with van der Waals surface area (Å²) in [5, 5.41) is 9.89. The maximum absolute atomic E-state index is 6.33. The van der Waals surface area contributed by atoms with Gasteiger partial charge in [-0.15, -0.1) is 11.3 Å². The molecule has 12 aromatic rings. The molecule has 0 unspecified atom stereocenters. The first-order chi connectivity index (χ1) is 28.7. The van der Waals surface area contributed by atoms with Crippen molar-refractivity contribution < 1.29 is 4.42 Å². The third-order valence-electron chi connectivity index (χ3n) is 11.9. The Hall–Kier alpha value is -7.14. The summed E-state index contributed by atoms with van der Waals surface area (Å²) in [6.45, 7) is 3.15. The van der Waals surface area contributed by atoms with Crippen LogP contribution in [-0.4, -0.2) is 4.57 Å². The second kappa shape index (κ2) is 13.0. The van der Waals surface area contributed by atoms with Crippen molar-refractivity contribution in [2.45, 2.75) is 13.5 Å². The molecule has 58 heavy (non-hydrogen) atoms. The number of fused-ring (bicyclic) bond motifs is 11. The first-order valence-corrected chi connectivity index (χ1v) is 20.8. The number of benzene rings is 9. The molecule has 0 saturated carbocycles. The van der Waals surface area contributed by atoms with E-state index in [2.05, 4.69) is 198 Å². The minimum atomic E-state index is 0.886. The number of aryl methyl sites for hydroxylation is 1. The SMILES string of the molecule is CCn1c2ccc(-c3cc(N(c4ccc(-c5ccccc5)cc4)c4ccc5oc6ccccc6c5c4)c4sc5ccccc5c4c3)cc2c2ccc3ccccc3c21. The first kappa shape index (κ1) is 33.0. The molecular formula is C54H36N2OS. The van der Waals surface area contributed by atoms with Gasteiger partial charge in [-0.1, -0.05) is 121 Å². The molecule has 12 rings (SSSR count). The fraction of sp³-hybridized carbons (Fsp3) is 0.0370. The van der Waals surface area contributed by atoms with Gasteiger partial charge in [-0.3, -0.25) is 0 Å². The molecule has 9 aromatic carbocycles. The molecule has 0 aliphatic rings. The Balaban J connectivity index is 1.12. The lowest BCUT2D eigenvalue weighted by Gasteiger charge is -2.27. The predicted molar refractivity (Wildman–Crippen MR) is 248 cm³/mol. The normalized spacial score (nSPS) is 11.9. The maximum atomic E-state index is 6.33. The Morgan fingerprint density at radius 1 is 0.466 bits per heavy atom. The van der Waals surface area contributed by atoms with E-state index in [1.54, 1.807) is 0 Å². The van der Waals surface area contributed by atoms with Gasteiger partial charge in [0.2, 0.25) is 0 Å². The van der Waals surface area contributed by atoms with E-state index in [0.29, 0.717) is 0 Å². The number of para-hydroxylation sites is 1. The Bertz CT molecular complexity index is 3550. The second-order valence-electron chi connectivity index (χ2n) is 15.2. The molecule has 0 spiro atoms. The van der Waals surface area contributed by atoms with E-state index in [1.807, 2.05) is 17.4 Å². The van der Waals surface area contributed by atoms with Gasteiger partial charge in [0.05, 0.1) is 15.9 Å². The Morgan fingerprint density at radius 2 is 1.16 bits per heavy atom. The molecule has 0 radical (unpaired) electrons. The minimum absolute atomic E-state index is 0.886. The summed E-state index contributed by atoms with van der Waals surface area (Å²) in [6, 6.07) is 68.7. The molecule has 4 heteroatoms. The third-order valence-corrected chi connectivity index (χ3v) is 13.2. The summed E-state index contributed by atoms with van der Waals surface area (Å²) in [5.41, 5.74) is 12.5. The van der Waals surface area contributed by atoms with E-state index in [9.17, 15) is 0 Å². The average molecular weight is 761 g/mol. The molecule has 0 saturated heterocycles. The van der Waals surface area contributed by atoms with E-state index in [1.165, 1.54) is 75.0 Å². The van der Waals surface area contributed by atoms with Crippen LogP contribution < -0.4 is 4.90 Å². The van der Waals surface area contributed by atoms with Crippen molar-refractivity contribution in [3.8, 4) is 22.3 Å². The molecule has 0 fully saturated rings. The molecule has 3 nitrogen and oxygen atoms in total. The maximum Gasteiger partial charge on any atom is 0.135 e. The molecule has 0 atom stereocenters. The number of hydrogen-bond acceptors (Lipinski definition) is 3. The van der Waals surface area contributed by atoms with Crippen molar-refractivity contribution in [1.82, 2.24) is 4.57 Å². The van der Waals surface area contributed by atoms with Crippen LogP contribution in [-0.2, 0) is 6.54 Å². The average Bonchev–Trinajstić information content (AvgIpc) is 3.96. The van der Waals surface area contributed by atoms with Crippen LogP contribution in [0, 0.1) is 0 Å². The van der Waals surface area contributed by atoms with Gasteiger partial charge in [-0.25, -0.2) is 0 Å². The number of anilines is 3. The lowest BCUT2D eigenvalue weighted by atomic mass is 9.98. The molecule has 3 aromatic heterocycles. The molecule has 0 N–H and O–H groups in total. The van der Waals surface area contributed by atoms with E-state index in [4.69, 9.17) is 4.42 Å². The minimum Gasteiger partial charge on any atom is -0.456 e. The van der Waals surface area contributed by atoms with Gasteiger partial charge < -0.3 is 13.9 Å². The quantitative estimate of drug-likeness (QED) is 0.168. The van der Waals surface area contributed by atoms with E-state index < -0.39 is 0 Å². The number of hydrogen-bond donors (Lipinski definition) is 0. The number of nitrogens with zero attached hydrogens (tertiary/aromatic N) is 2. The van der Waals surface area contributed by atoms with Crippen molar-refractivity contribution in [3.05, 3.63) is 188 Å². The summed E-state index contributed by atoms with van der Waals surface area (Å²) in [6.07, 6.45) is 0. The Kier molecular flexibility index (Phi) is 7.38. The second-order valence-corrected chi connectivity index (χ2v) is 16.2. The fourth-order valence-electron chi connectivity index (χ4n) is 9.23. The first-order valence-electron chi connectivity index (χ1n) is 20.0. The van der Waals surface area contributed by atoms with Crippen LogP contribution in [0.25, 0.3) is 96.9 Å². The van der Waals surface area contributed by atoms with Crippen molar-refractivity contribution in [3.63, 3.8) is 0 Å². The Labute approximate surface area is 339 Å². The van der Waals surface area contributed by atoms with Crippen molar-refractivity contribution in [1.29, 1.82) is 0 Å². The number of aromatic nitrogens is 1. The highest BCUT2D eigenvalue weighted by Crippen LogP contribution is 2.48. The lowest BCUT2D eigenvalue weighted by Crippen LogP contribution is -2.10. The zero-order chi connectivity index (χ0) is 38.3. The number of thiophene rings is 1. The molecule has 0 bridgehead atoms. The van der Waals surface area contributed by atoms with E-state index >= 15 is 0 Å². The highest BCUT2D eigenvalue weighted by atomic mass is 32.1. The van der Waals surface area contributed by atoms with Gasteiger partial charge in [0.15, 0.2) is 0 Å². The van der Waals surface area contributed by atoms with Crippen LogP contribution in [0.3, 0.4) is 0 Å². The van der Waals surface area contributed by atoms with Crippen molar-refractivity contribution in [2.24, 2.45) is 0 Å². The highest BCUT2D eigenvalue weighted by molar-refractivity contribution is 7.26. The zero-order valence-corrected chi connectivity index (χ0v) is 32.6. The highest BCUT2D eigenvalue weighted by Gasteiger charge is 2.22. The Morgan fingerprint density at radius 3 is 2.02 bits per heavy atom. The number of rotatable bonds is 6.